The molecule has 0 radical (unpaired) electrons. The van der Waals surface area contributed by atoms with Gasteiger partial charge in [0.15, 0.2) is 0 Å². The molecule has 0 aromatic heterocycles. The zero-order chi connectivity index (χ0) is 13.1. The summed E-state index contributed by atoms with van der Waals surface area (Å²) in [5.41, 5.74) is 0. The average molecular weight is 255 g/mol. The average Bonchev–Trinajstić information content (AvgIpc) is 2.90. The minimum absolute atomic E-state index is 0.778. The molecule has 0 spiro atoms. The molecule has 0 saturated heterocycles. The van der Waals surface area contributed by atoms with Crippen LogP contribution in [-0.2, 0) is 4.74 Å². The number of hydrogen-bond acceptors (Lipinski definition) is 2. The van der Waals surface area contributed by atoms with Gasteiger partial charge in [-0.25, -0.2) is 0 Å². The van der Waals surface area contributed by atoms with Gasteiger partial charge in [0.25, 0.3) is 0 Å². The third-order valence-corrected chi connectivity index (χ3v) is 4.23. The van der Waals surface area contributed by atoms with Crippen LogP contribution in [0, 0.1) is 11.8 Å². The third-order valence-electron chi connectivity index (χ3n) is 4.23. The largest absolute Gasteiger partial charge is 0.380 e. The molecule has 0 aliphatic heterocycles. The van der Waals surface area contributed by atoms with Crippen molar-refractivity contribution < 1.29 is 4.74 Å². The summed E-state index contributed by atoms with van der Waals surface area (Å²) in [6.07, 6.45) is 11.0. The highest BCUT2D eigenvalue weighted by atomic mass is 16.5. The molecule has 0 bridgehead atoms. The van der Waals surface area contributed by atoms with E-state index in [1.807, 2.05) is 0 Å². The summed E-state index contributed by atoms with van der Waals surface area (Å²) in [4.78, 5) is 0. The van der Waals surface area contributed by atoms with Gasteiger partial charge >= 0.3 is 0 Å². The molecule has 2 heteroatoms. The smallest absolute Gasteiger partial charge is 0.0591 e. The molecule has 0 heterocycles. The molecular formula is C16H33NO. The number of nitrogens with one attached hydrogen (secondary N) is 1. The summed E-state index contributed by atoms with van der Waals surface area (Å²) < 4.78 is 5.79. The van der Waals surface area contributed by atoms with Crippen LogP contribution in [0.2, 0.25) is 0 Å². The van der Waals surface area contributed by atoms with Gasteiger partial charge in [0.2, 0.25) is 0 Å². The van der Waals surface area contributed by atoms with E-state index in [1.165, 1.54) is 57.9 Å². The van der Waals surface area contributed by atoms with Gasteiger partial charge in [-0.1, -0.05) is 46.0 Å². The Labute approximate surface area is 114 Å². The van der Waals surface area contributed by atoms with Crippen LogP contribution >= 0.6 is 0 Å². The third kappa shape index (κ3) is 7.38. The van der Waals surface area contributed by atoms with E-state index >= 15 is 0 Å². The second kappa shape index (κ2) is 10.8. The number of hydrogen-bond donors (Lipinski definition) is 1. The van der Waals surface area contributed by atoms with Crippen LogP contribution in [0.4, 0.5) is 0 Å². The van der Waals surface area contributed by atoms with Crippen LogP contribution in [0.15, 0.2) is 0 Å². The fourth-order valence-corrected chi connectivity index (χ4v) is 2.81. The SMILES string of the molecule is CCCCC(CC)COCCNCC1CCCC1. The zero-order valence-electron chi connectivity index (χ0n) is 12.5. The van der Waals surface area contributed by atoms with E-state index in [-0.39, 0.29) is 0 Å². The van der Waals surface area contributed by atoms with Crippen molar-refractivity contribution in [1.29, 1.82) is 0 Å². The molecule has 0 aromatic carbocycles. The lowest BCUT2D eigenvalue weighted by Gasteiger charge is -2.15. The molecule has 1 unspecified atom stereocenters. The predicted molar refractivity (Wildman–Crippen MR) is 79.0 cm³/mol. The van der Waals surface area contributed by atoms with Gasteiger partial charge < -0.3 is 10.1 Å². The molecule has 1 atom stereocenters. The van der Waals surface area contributed by atoms with E-state index in [1.54, 1.807) is 0 Å². The van der Waals surface area contributed by atoms with Crippen LogP contribution in [-0.4, -0.2) is 26.3 Å². The minimum Gasteiger partial charge on any atom is -0.380 e. The first kappa shape index (κ1) is 16.0. The van der Waals surface area contributed by atoms with Crippen LogP contribution in [0.25, 0.3) is 0 Å². The van der Waals surface area contributed by atoms with E-state index in [2.05, 4.69) is 19.2 Å². The van der Waals surface area contributed by atoms with Crippen LogP contribution in [0.3, 0.4) is 0 Å². The molecular weight excluding hydrogens is 222 g/mol. The summed E-state index contributed by atoms with van der Waals surface area (Å²) >= 11 is 0. The van der Waals surface area contributed by atoms with Crippen molar-refractivity contribution in [3.8, 4) is 0 Å². The molecule has 1 aliphatic rings. The molecule has 2 nitrogen and oxygen atoms in total. The van der Waals surface area contributed by atoms with Gasteiger partial charge in [-0.2, -0.15) is 0 Å². The first-order valence-electron chi connectivity index (χ1n) is 8.15. The van der Waals surface area contributed by atoms with Crippen molar-refractivity contribution in [2.45, 2.75) is 65.2 Å². The minimum atomic E-state index is 0.778. The van der Waals surface area contributed by atoms with Gasteiger partial charge in [-0.15, -0.1) is 0 Å². The summed E-state index contributed by atoms with van der Waals surface area (Å²) in [5, 5.41) is 3.54. The molecule has 0 amide bonds. The van der Waals surface area contributed by atoms with Crippen molar-refractivity contribution in [3.05, 3.63) is 0 Å². The summed E-state index contributed by atoms with van der Waals surface area (Å²) in [5.74, 6) is 1.72. The second-order valence-corrected chi connectivity index (χ2v) is 5.85. The Bertz CT molecular complexity index is 178. The Hall–Kier alpha value is -0.0800. The Balaban J connectivity index is 1.87. The van der Waals surface area contributed by atoms with Gasteiger partial charge in [-0.05, 0) is 37.6 Å². The van der Waals surface area contributed by atoms with Crippen LogP contribution in [0.1, 0.15) is 65.2 Å². The van der Waals surface area contributed by atoms with Gasteiger partial charge in [0, 0.05) is 13.2 Å². The molecule has 1 N–H and O–H groups in total. The molecule has 108 valence electrons. The summed E-state index contributed by atoms with van der Waals surface area (Å²) in [6, 6.07) is 0. The zero-order valence-corrected chi connectivity index (χ0v) is 12.5. The lowest BCUT2D eigenvalue weighted by Crippen LogP contribution is -2.26. The number of unbranched alkanes of at least 4 members (excludes halogenated alkanes) is 1. The Kier molecular flexibility index (Phi) is 9.59. The maximum absolute atomic E-state index is 5.79. The Morgan fingerprint density at radius 1 is 1.22 bits per heavy atom. The lowest BCUT2D eigenvalue weighted by molar-refractivity contribution is 0.0952. The Morgan fingerprint density at radius 3 is 2.67 bits per heavy atom. The molecule has 1 saturated carbocycles. The fourth-order valence-electron chi connectivity index (χ4n) is 2.81. The number of ether oxygens (including phenoxy) is 1. The van der Waals surface area contributed by atoms with Crippen LogP contribution < -0.4 is 5.32 Å². The maximum atomic E-state index is 5.79. The van der Waals surface area contributed by atoms with E-state index in [9.17, 15) is 0 Å². The highest BCUT2D eigenvalue weighted by Gasteiger charge is 2.13. The van der Waals surface area contributed by atoms with Gasteiger partial charge in [0.1, 0.15) is 0 Å². The maximum Gasteiger partial charge on any atom is 0.0591 e. The van der Waals surface area contributed by atoms with Crippen molar-refractivity contribution in [3.63, 3.8) is 0 Å². The van der Waals surface area contributed by atoms with E-state index < -0.39 is 0 Å². The van der Waals surface area contributed by atoms with Crippen molar-refractivity contribution in [1.82, 2.24) is 5.32 Å². The van der Waals surface area contributed by atoms with Crippen molar-refractivity contribution >= 4 is 0 Å². The molecule has 1 rings (SSSR count). The van der Waals surface area contributed by atoms with Crippen molar-refractivity contribution in [2.75, 3.05) is 26.3 Å². The molecule has 18 heavy (non-hydrogen) atoms. The van der Waals surface area contributed by atoms with Crippen molar-refractivity contribution in [2.24, 2.45) is 11.8 Å². The lowest BCUT2D eigenvalue weighted by atomic mass is 10.0. The predicted octanol–water partition coefficient (Wildman–Crippen LogP) is 4.00. The van der Waals surface area contributed by atoms with E-state index in [4.69, 9.17) is 4.74 Å². The number of rotatable bonds is 11. The topological polar surface area (TPSA) is 21.3 Å². The van der Waals surface area contributed by atoms with E-state index in [0.717, 1.165) is 31.6 Å². The first-order chi connectivity index (χ1) is 8.86. The van der Waals surface area contributed by atoms with E-state index in [0.29, 0.717) is 0 Å². The van der Waals surface area contributed by atoms with Crippen LogP contribution in [0.5, 0.6) is 0 Å². The molecule has 1 aliphatic carbocycles. The highest BCUT2D eigenvalue weighted by Crippen LogP contribution is 2.23. The second-order valence-electron chi connectivity index (χ2n) is 5.85. The Morgan fingerprint density at radius 2 is 2.00 bits per heavy atom. The summed E-state index contributed by atoms with van der Waals surface area (Å²) in [6.45, 7) is 8.62. The molecule has 1 fully saturated rings. The first-order valence-corrected chi connectivity index (χ1v) is 8.15. The monoisotopic (exact) mass is 255 g/mol. The molecule has 0 aromatic rings. The normalized spacial score (nSPS) is 18.3. The highest BCUT2D eigenvalue weighted by molar-refractivity contribution is 4.69. The standard InChI is InChI=1S/C16H33NO/c1-3-5-8-15(4-2)14-18-12-11-17-13-16-9-6-7-10-16/h15-17H,3-14H2,1-2H3. The fraction of sp³-hybridized carbons (Fsp3) is 1.00. The quantitative estimate of drug-likeness (QED) is 0.563. The summed E-state index contributed by atoms with van der Waals surface area (Å²) in [7, 11) is 0. The van der Waals surface area contributed by atoms with Gasteiger partial charge in [-0.3, -0.25) is 0 Å². The van der Waals surface area contributed by atoms with Gasteiger partial charge in [0.05, 0.1) is 6.61 Å².